The SMILES string of the molecule is CCCc1cc(OC)c(OC)c(-c2cc(CCC)cc(OC)c2OC(CO)C(O)c2ccc(OC(=O)c3ccccc3)c(OC)c2)c1. The van der Waals surface area contributed by atoms with Crippen molar-refractivity contribution in [2.75, 3.05) is 35.0 Å². The summed E-state index contributed by atoms with van der Waals surface area (Å²) in [6.45, 7) is 3.68. The van der Waals surface area contributed by atoms with Crippen LogP contribution in [0.4, 0.5) is 0 Å². The molecule has 0 fully saturated rings. The molecule has 2 unspecified atom stereocenters. The van der Waals surface area contributed by atoms with Gasteiger partial charge in [0.05, 0.1) is 40.6 Å². The molecular weight excluding hydrogens is 600 g/mol. The summed E-state index contributed by atoms with van der Waals surface area (Å²) >= 11 is 0. The highest BCUT2D eigenvalue weighted by atomic mass is 16.6. The van der Waals surface area contributed by atoms with E-state index in [1.165, 1.54) is 13.2 Å². The zero-order valence-electron chi connectivity index (χ0n) is 27.9. The van der Waals surface area contributed by atoms with Crippen molar-refractivity contribution in [1.29, 1.82) is 0 Å². The fourth-order valence-electron chi connectivity index (χ4n) is 5.47. The number of carbonyl (C=O) groups is 1. The van der Waals surface area contributed by atoms with Crippen LogP contribution in [-0.4, -0.2) is 57.3 Å². The second kappa shape index (κ2) is 16.7. The first-order valence-corrected chi connectivity index (χ1v) is 15.7. The average Bonchev–Trinajstić information content (AvgIpc) is 3.10. The van der Waals surface area contributed by atoms with Gasteiger partial charge in [0.15, 0.2) is 40.6 Å². The Hall–Kier alpha value is -4.73. The first-order valence-electron chi connectivity index (χ1n) is 15.7. The van der Waals surface area contributed by atoms with Crippen LogP contribution in [0.15, 0.2) is 72.8 Å². The Morgan fingerprint density at radius 1 is 0.681 bits per heavy atom. The largest absolute Gasteiger partial charge is 0.493 e. The van der Waals surface area contributed by atoms with Gasteiger partial charge in [-0.2, -0.15) is 0 Å². The number of aliphatic hydroxyl groups excluding tert-OH is 2. The summed E-state index contributed by atoms with van der Waals surface area (Å²) in [5, 5.41) is 22.1. The third kappa shape index (κ3) is 8.17. The van der Waals surface area contributed by atoms with Gasteiger partial charge in [0, 0.05) is 11.1 Å². The van der Waals surface area contributed by atoms with Crippen molar-refractivity contribution in [3.05, 3.63) is 95.1 Å². The van der Waals surface area contributed by atoms with Gasteiger partial charge in [-0.25, -0.2) is 4.79 Å². The molecule has 4 aromatic rings. The van der Waals surface area contributed by atoms with Gasteiger partial charge in [-0.1, -0.05) is 51.0 Å². The Morgan fingerprint density at radius 2 is 1.26 bits per heavy atom. The molecule has 0 aliphatic carbocycles. The van der Waals surface area contributed by atoms with Crippen LogP contribution in [0.25, 0.3) is 11.1 Å². The summed E-state index contributed by atoms with van der Waals surface area (Å²) in [6.07, 6.45) is 1.05. The van der Waals surface area contributed by atoms with Gasteiger partial charge in [0.25, 0.3) is 0 Å². The number of benzene rings is 4. The van der Waals surface area contributed by atoms with Crippen molar-refractivity contribution < 1.29 is 43.4 Å². The molecule has 0 bridgehead atoms. The van der Waals surface area contributed by atoms with Crippen molar-refractivity contribution in [1.82, 2.24) is 0 Å². The molecule has 0 amide bonds. The van der Waals surface area contributed by atoms with E-state index in [2.05, 4.69) is 13.8 Å². The third-order valence-corrected chi connectivity index (χ3v) is 7.78. The highest BCUT2D eigenvalue weighted by Crippen LogP contribution is 2.48. The number of hydrogen-bond donors (Lipinski definition) is 2. The van der Waals surface area contributed by atoms with Gasteiger partial charge >= 0.3 is 5.97 Å². The van der Waals surface area contributed by atoms with Gasteiger partial charge in [0.1, 0.15) is 6.10 Å². The molecule has 0 spiro atoms. The molecule has 250 valence electrons. The van der Waals surface area contributed by atoms with E-state index >= 15 is 0 Å². The third-order valence-electron chi connectivity index (χ3n) is 7.78. The number of ether oxygens (including phenoxy) is 6. The molecular formula is C38H44O9. The molecule has 0 heterocycles. The Morgan fingerprint density at radius 3 is 1.79 bits per heavy atom. The zero-order chi connectivity index (χ0) is 33.9. The molecule has 9 heteroatoms. The van der Waals surface area contributed by atoms with Crippen LogP contribution in [0.5, 0.6) is 34.5 Å². The predicted molar refractivity (Wildman–Crippen MR) is 180 cm³/mol. The van der Waals surface area contributed by atoms with Crippen molar-refractivity contribution in [2.24, 2.45) is 0 Å². The summed E-state index contributed by atoms with van der Waals surface area (Å²) in [6, 6.07) is 21.2. The summed E-state index contributed by atoms with van der Waals surface area (Å²) in [7, 11) is 6.18. The van der Waals surface area contributed by atoms with E-state index in [0.717, 1.165) is 42.4 Å². The van der Waals surface area contributed by atoms with E-state index in [4.69, 9.17) is 28.4 Å². The van der Waals surface area contributed by atoms with Crippen LogP contribution in [-0.2, 0) is 12.8 Å². The highest BCUT2D eigenvalue weighted by Gasteiger charge is 2.29. The molecule has 0 aliphatic rings. The molecule has 2 N–H and O–H groups in total. The number of methoxy groups -OCH3 is 4. The second-order valence-corrected chi connectivity index (χ2v) is 11.0. The molecule has 0 aromatic heterocycles. The van der Waals surface area contributed by atoms with Crippen LogP contribution < -0.4 is 28.4 Å². The Bertz CT molecular complexity index is 1630. The van der Waals surface area contributed by atoms with Crippen molar-refractivity contribution in [3.63, 3.8) is 0 Å². The van der Waals surface area contributed by atoms with E-state index in [-0.39, 0.29) is 11.5 Å². The fourth-order valence-corrected chi connectivity index (χ4v) is 5.47. The number of esters is 1. The van der Waals surface area contributed by atoms with Gasteiger partial charge in [-0.15, -0.1) is 0 Å². The number of hydrogen-bond acceptors (Lipinski definition) is 9. The second-order valence-electron chi connectivity index (χ2n) is 11.0. The maximum atomic E-state index is 12.7. The van der Waals surface area contributed by atoms with Crippen LogP contribution in [0.2, 0.25) is 0 Å². The van der Waals surface area contributed by atoms with Crippen LogP contribution in [0.3, 0.4) is 0 Å². The van der Waals surface area contributed by atoms with Crippen LogP contribution >= 0.6 is 0 Å². The first-order chi connectivity index (χ1) is 22.8. The first kappa shape index (κ1) is 35.1. The number of carbonyl (C=O) groups excluding carboxylic acids is 1. The van der Waals surface area contributed by atoms with Gasteiger partial charge in [-0.3, -0.25) is 0 Å². The molecule has 0 saturated carbocycles. The maximum Gasteiger partial charge on any atom is 0.343 e. The van der Waals surface area contributed by atoms with E-state index in [1.807, 2.05) is 30.3 Å². The Kier molecular flexibility index (Phi) is 12.5. The molecule has 4 rings (SSSR count). The van der Waals surface area contributed by atoms with Crippen LogP contribution in [0, 0.1) is 0 Å². The Balaban J connectivity index is 1.75. The average molecular weight is 645 g/mol. The van der Waals surface area contributed by atoms with Crippen molar-refractivity contribution in [2.45, 2.75) is 51.7 Å². The monoisotopic (exact) mass is 644 g/mol. The van der Waals surface area contributed by atoms with Crippen LogP contribution in [0.1, 0.15) is 59.8 Å². The summed E-state index contributed by atoms with van der Waals surface area (Å²) < 4.78 is 34.9. The Labute approximate surface area is 276 Å². The lowest BCUT2D eigenvalue weighted by Crippen LogP contribution is -2.29. The molecule has 47 heavy (non-hydrogen) atoms. The maximum absolute atomic E-state index is 12.7. The lowest BCUT2D eigenvalue weighted by atomic mass is 9.95. The topological polar surface area (TPSA) is 113 Å². The smallest absolute Gasteiger partial charge is 0.343 e. The molecule has 9 nitrogen and oxygen atoms in total. The molecule has 2 atom stereocenters. The molecule has 0 radical (unpaired) electrons. The van der Waals surface area contributed by atoms with Gasteiger partial charge in [-0.05, 0) is 78.1 Å². The number of aryl methyl sites for hydroxylation is 2. The van der Waals surface area contributed by atoms with Crippen molar-refractivity contribution in [3.8, 4) is 45.6 Å². The lowest BCUT2D eigenvalue weighted by molar-refractivity contribution is -0.000203. The quantitative estimate of drug-likeness (QED) is 0.0985. The normalized spacial score (nSPS) is 12.2. The molecule has 4 aromatic carbocycles. The van der Waals surface area contributed by atoms with Gasteiger partial charge in [0.2, 0.25) is 0 Å². The van der Waals surface area contributed by atoms with E-state index < -0.39 is 24.8 Å². The minimum absolute atomic E-state index is 0.183. The predicted octanol–water partition coefficient (Wildman–Crippen LogP) is 6.99. The highest BCUT2D eigenvalue weighted by molar-refractivity contribution is 5.91. The zero-order valence-corrected chi connectivity index (χ0v) is 27.9. The standard InChI is InChI=1S/C38H44O9/c1-7-12-24-18-28(36(45-6)32(20-24)43-4)29-19-25(13-8-2)21-33(44-5)37(29)46-34(23-39)35(40)27-16-17-30(31(22-27)42-3)47-38(41)26-14-10-9-11-15-26/h9-11,14-22,34-35,39-40H,7-8,12-13,23H2,1-6H3. The van der Waals surface area contributed by atoms with E-state index in [0.29, 0.717) is 39.7 Å². The molecule has 0 saturated heterocycles. The lowest BCUT2D eigenvalue weighted by Gasteiger charge is -2.27. The van der Waals surface area contributed by atoms with E-state index in [1.54, 1.807) is 57.7 Å². The van der Waals surface area contributed by atoms with E-state index in [9.17, 15) is 15.0 Å². The summed E-state index contributed by atoms with van der Waals surface area (Å²) in [5.41, 5.74) is 4.26. The van der Waals surface area contributed by atoms with Gasteiger partial charge < -0.3 is 38.6 Å². The van der Waals surface area contributed by atoms with Crippen molar-refractivity contribution >= 4 is 5.97 Å². The number of rotatable bonds is 16. The summed E-state index contributed by atoms with van der Waals surface area (Å²) in [5.74, 6) is 1.75. The molecule has 0 aliphatic heterocycles. The minimum atomic E-state index is -1.30. The fraction of sp³-hybridized carbons (Fsp3) is 0.342. The summed E-state index contributed by atoms with van der Waals surface area (Å²) in [4.78, 5) is 12.7. The minimum Gasteiger partial charge on any atom is -0.493 e. The number of aliphatic hydroxyl groups is 2.